The summed E-state index contributed by atoms with van der Waals surface area (Å²) in [7, 11) is 1.94. The molecule has 1 atom stereocenters. The highest BCUT2D eigenvalue weighted by atomic mass is 16.2. The summed E-state index contributed by atoms with van der Waals surface area (Å²) in [5.41, 5.74) is 0.921. The zero-order valence-electron chi connectivity index (χ0n) is 11.2. The summed E-state index contributed by atoms with van der Waals surface area (Å²) in [6, 6.07) is 10.1. The van der Waals surface area contributed by atoms with Gasteiger partial charge in [-0.05, 0) is 37.9 Å². The summed E-state index contributed by atoms with van der Waals surface area (Å²) < 4.78 is 0. The number of nitrogens with one attached hydrogen (secondary N) is 2. The minimum absolute atomic E-state index is 0.191. The SMILES string of the molecule is CNCC(C)CNC(=O)C1(c2ccccc2)CC1. The van der Waals surface area contributed by atoms with Crippen LogP contribution in [0.2, 0.25) is 0 Å². The molecule has 0 aromatic heterocycles. The first-order valence-electron chi connectivity index (χ1n) is 6.67. The Morgan fingerprint density at radius 2 is 1.94 bits per heavy atom. The van der Waals surface area contributed by atoms with Crippen molar-refractivity contribution < 1.29 is 4.79 Å². The predicted molar refractivity (Wildman–Crippen MR) is 73.5 cm³/mol. The Balaban J connectivity index is 1.93. The van der Waals surface area contributed by atoms with E-state index in [2.05, 4.69) is 29.7 Å². The number of amides is 1. The highest BCUT2D eigenvalue weighted by Crippen LogP contribution is 2.48. The molecule has 1 saturated carbocycles. The van der Waals surface area contributed by atoms with Crippen LogP contribution in [0.4, 0.5) is 0 Å². The van der Waals surface area contributed by atoms with Gasteiger partial charge in [0.15, 0.2) is 0 Å². The molecule has 0 bridgehead atoms. The molecule has 1 aromatic rings. The van der Waals surface area contributed by atoms with Crippen LogP contribution < -0.4 is 10.6 Å². The maximum atomic E-state index is 12.3. The average Bonchev–Trinajstić information content (AvgIpc) is 3.19. The van der Waals surface area contributed by atoms with Crippen LogP contribution >= 0.6 is 0 Å². The average molecular weight is 246 g/mol. The quantitative estimate of drug-likeness (QED) is 0.802. The largest absolute Gasteiger partial charge is 0.355 e. The van der Waals surface area contributed by atoms with Crippen molar-refractivity contribution in [2.45, 2.75) is 25.2 Å². The Kier molecular flexibility index (Phi) is 4.02. The van der Waals surface area contributed by atoms with Gasteiger partial charge in [-0.3, -0.25) is 4.79 Å². The van der Waals surface area contributed by atoms with E-state index in [1.807, 2.05) is 25.2 Å². The van der Waals surface area contributed by atoms with Crippen molar-refractivity contribution in [2.24, 2.45) is 5.92 Å². The first kappa shape index (κ1) is 13.1. The molecule has 0 spiro atoms. The molecule has 1 fully saturated rings. The molecule has 98 valence electrons. The second kappa shape index (κ2) is 5.53. The molecular formula is C15H22N2O. The van der Waals surface area contributed by atoms with Crippen LogP contribution in [0.1, 0.15) is 25.3 Å². The highest BCUT2D eigenvalue weighted by Gasteiger charge is 2.50. The molecule has 3 nitrogen and oxygen atoms in total. The van der Waals surface area contributed by atoms with Gasteiger partial charge in [0.25, 0.3) is 0 Å². The molecule has 0 aliphatic heterocycles. The fraction of sp³-hybridized carbons (Fsp3) is 0.533. The van der Waals surface area contributed by atoms with Gasteiger partial charge in [0.1, 0.15) is 0 Å². The van der Waals surface area contributed by atoms with Crippen molar-refractivity contribution in [3.05, 3.63) is 35.9 Å². The molecule has 1 aromatic carbocycles. The molecule has 1 amide bonds. The van der Waals surface area contributed by atoms with Crippen LogP contribution in [0.25, 0.3) is 0 Å². The van der Waals surface area contributed by atoms with Crippen molar-refractivity contribution >= 4 is 5.91 Å². The monoisotopic (exact) mass is 246 g/mol. The lowest BCUT2D eigenvalue weighted by Gasteiger charge is -2.18. The molecule has 2 rings (SSSR count). The van der Waals surface area contributed by atoms with E-state index in [1.165, 1.54) is 0 Å². The third kappa shape index (κ3) is 2.72. The van der Waals surface area contributed by atoms with Gasteiger partial charge in [0, 0.05) is 6.54 Å². The number of hydrogen-bond donors (Lipinski definition) is 2. The van der Waals surface area contributed by atoms with Gasteiger partial charge in [-0.25, -0.2) is 0 Å². The van der Waals surface area contributed by atoms with E-state index >= 15 is 0 Å². The summed E-state index contributed by atoms with van der Waals surface area (Å²) in [4.78, 5) is 12.3. The molecular weight excluding hydrogens is 224 g/mol. The number of carbonyl (C=O) groups is 1. The molecule has 2 N–H and O–H groups in total. The van der Waals surface area contributed by atoms with Crippen LogP contribution in [0.3, 0.4) is 0 Å². The second-order valence-electron chi connectivity index (χ2n) is 5.32. The highest BCUT2D eigenvalue weighted by molar-refractivity contribution is 5.91. The van der Waals surface area contributed by atoms with Gasteiger partial charge in [-0.1, -0.05) is 37.3 Å². The van der Waals surface area contributed by atoms with E-state index in [1.54, 1.807) is 0 Å². The van der Waals surface area contributed by atoms with Gasteiger partial charge in [-0.15, -0.1) is 0 Å². The van der Waals surface area contributed by atoms with Crippen molar-refractivity contribution in [3.8, 4) is 0 Å². The Labute approximate surface area is 109 Å². The lowest BCUT2D eigenvalue weighted by molar-refractivity contribution is -0.123. The van der Waals surface area contributed by atoms with E-state index in [9.17, 15) is 4.79 Å². The van der Waals surface area contributed by atoms with Crippen LogP contribution in [0.15, 0.2) is 30.3 Å². The Hall–Kier alpha value is -1.35. The number of benzene rings is 1. The maximum Gasteiger partial charge on any atom is 0.230 e. The number of hydrogen-bond acceptors (Lipinski definition) is 2. The van der Waals surface area contributed by atoms with E-state index in [4.69, 9.17) is 0 Å². The zero-order chi connectivity index (χ0) is 13.0. The molecule has 18 heavy (non-hydrogen) atoms. The second-order valence-corrected chi connectivity index (χ2v) is 5.32. The van der Waals surface area contributed by atoms with E-state index in [0.29, 0.717) is 5.92 Å². The zero-order valence-corrected chi connectivity index (χ0v) is 11.2. The van der Waals surface area contributed by atoms with E-state index < -0.39 is 0 Å². The number of carbonyl (C=O) groups excluding carboxylic acids is 1. The third-order valence-corrected chi connectivity index (χ3v) is 3.67. The van der Waals surface area contributed by atoms with E-state index in [-0.39, 0.29) is 11.3 Å². The van der Waals surface area contributed by atoms with Crippen LogP contribution in [0.5, 0.6) is 0 Å². The first-order chi connectivity index (χ1) is 8.69. The summed E-state index contributed by atoms with van der Waals surface area (Å²) in [6.07, 6.45) is 1.95. The fourth-order valence-corrected chi connectivity index (χ4v) is 2.39. The smallest absolute Gasteiger partial charge is 0.230 e. The summed E-state index contributed by atoms with van der Waals surface area (Å²) in [6.45, 7) is 3.81. The lowest BCUT2D eigenvalue weighted by Crippen LogP contribution is -2.38. The summed E-state index contributed by atoms with van der Waals surface area (Å²) >= 11 is 0. The van der Waals surface area contributed by atoms with Gasteiger partial charge >= 0.3 is 0 Å². The van der Waals surface area contributed by atoms with Crippen LogP contribution in [0, 0.1) is 5.92 Å². The minimum Gasteiger partial charge on any atom is -0.355 e. The van der Waals surface area contributed by atoms with Crippen LogP contribution in [-0.4, -0.2) is 26.0 Å². The maximum absolute atomic E-state index is 12.3. The minimum atomic E-state index is -0.235. The Morgan fingerprint density at radius 3 is 2.50 bits per heavy atom. The summed E-state index contributed by atoms with van der Waals surface area (Å²) in [5.74, 6) is 0.655. The molecule has 0 saturated heterocycles. The molecule has 1 aliphatic rings. The van der Waals surface area contributed by atoms with Crippen LogP contribution in [-0.2, 0) is 10.2 Å². The Bertz CT molecular complexity index is 398. The molecule has 1 aliphatic carbocycles. The molecule has 0 radical (unpaired) electrons. The van der Waals surface area contributed by atoms with Gasteiger partial charge in [-0.2, -0.15) is 0 Å². The normalized spacial score (nSPS) is 18.1. The third-order valence-electron chi connectivity index (χ3n) is 3.67. The van der Waals surface area contributed by atoms with Gasteiger partial charge in [0.05, 0.1) is 5.41 Å². The first-order valence-corrected chi connectivity index (χ1v) is 6.67. The van der Waals surface area contributed by atoms with E-state index in [0.717, 1.165) is 31.5 Å². The van der Waals surface area contributed by atoms with Crippen molar-refractivity contribution in [1.29, 1.82) is 0 Å². The lowest BCUT2D eigenvalue weighted by atomic mass is 9.95. The standard InChI is InChI=1S/C15H22N2O/c1-12(10-16-2)11-17-14(18)15(8-9-15)13-6-4-3-5-7-13/h3-7,12,16H,8-11H2,1-2H3,(H,17,18). The Morgan fingerprint density at radius 1 is 1.28 bits per heavy atom. The topological polar surface area (TPSA) is 41.1 Å². The van der Waals surface area contributed by atoms with Crippen molar-refractivity contribution in [2.75, 3.05) is 20.1 Å². The number of rotatable bonds is 6. The summed E-state index contributed by atoms with van der Waals surface area (Å²) in [5, 5.41) is 6.22. The molecule has 0 heterocycles. The van der Waals surface area contributed by atoms with Crippen molar-refractivity contribution in [1.82, 2.24) is 10.6 Å². The fourth-order valence-electron chi connectivity index (χ4n) is 2.39. The van der Waals surface area contributed by atoms with Gasteiger partial charge in [0.2, 0.25) is 5.91 Å². The van der Waals surface area contributed by atoms with Gasteiger partial charge < -0.3 is 10.6 Å². The molecule has 1 unspecified atom stereocenters. The molecule has 3 heteroatoms. The van der Waals surface area contributed by atoms with Crippen molar-refractivity contribution in [3.63, 3.8) is 0 Å². The predicted octanol–water partition coefficient (Wildman–Crippen LogP) is 1.69.